The van der Waals surface area contributed by atoms with Gasteiger partial charge < -0.3 is 10.0 Å². The third kappa shape index (κ3) is 4.02. The molecule has 1 rings (SSSR count). The number of carboxylic acid groups (broad SMARTS) is 1. The second-order valence-electron chi connectivity index (χ2n) is 4.04. The van der Waals surface area contributed by atoms with Gasteiger partial charge in [0.2, 0.25) is 0 Å². The third-order valence-corrected chi connectivity index (χ3v) is 3.17. The first-order valence-corrected chi connectivity index (χ1v) is 6.61. The summed E-state index contributed by atoms with van der Waals surface area (Å²) in [6, 6.07) is 3.96. The monoisotopic (exact) mass is 344 g/mol. The lowest BCUT2D eigenvalue weighted by molar-refractivity contribution is -0.385. The van der Waals surface area contributed by atoms with Crippen LogP contribution in [0.2, 0.25) is 0 Å². The Bertz CT molecular complexity index is 547. The molecule has 1 aromatic carbocycles. The maximum Gasteiger partial charge on any atom is 0.323 e. The summed E-state index contributed by atoms with van der Waals surface area (Å²) in [6.45, 7) is 1.65. The first kappa shape index (κ1) is 16.1. The van der Waals surface area contributed by atoms with Gasteiger partial charge >= 0.3 is 5.97 Å². The minimum atomic E-state index is -1.13. The van der Waals surface area contributed by atoms with Gasteiger partial charge in [-0.1, -0.05) is 6.92 Å². The fourth-order valence-corrected chi connectivity index (χ4v) is 2.05. The summed E-state index contributed by atoms with van der Waals surface area (Å²) >= 11 is 3.03. The van der Waals surface area contributed by atoms with Gasteiger partial charge in [0.05, 0.1) is 9.40 Å². The number of carbonyl (C=O) groups is 2. The molecule has 0 spiro atoms. The van der Waals surface area contributed by atoms with Gasteiger partial charge in [-0.25, -0.2) is 0 Å². The van der Waals surface area contributed by atoms with E-state index in [2.05, 4.69) is 15.9 Å². The highest BCUT2D eigenvalue weighted by Gasteiger charge is 2.21. The lowest BCUT2D eigenvalue weighted by Crippen LogP contribution is -2.36. The first-order chi connectivity index (χ1) is 9.36. The van der Waals surface area contributed by atoms with Crippen LogP contribution in [0.15, 0.2) is 22.7 Å². The normalized spacial score (nSPS) is 10.1. The number of aliphatic carboxylic acids is 1. The molecule has 0 heterocycles. The molecule has 0 fully saturated rings. The van der Waals surface area contributed by atoms with Gasteiger partial charge in [0, 0.05) is 18.2 Å². The van der Waals surface area contributed by atoms with Gasteiger partial charge in [0.1, 0.15) is 6.54 Å². The van der Waals surface area contributed by atoms with Crippen LogP contribution in [-0.2, 0) is 4.79 Å². The average Bonchev–Trinajstić information content (AvgIpc) is 2.37. The van der Waals surface area contributed by atoms with Crippen LogP contribution in [0.25, 0.3) is 0 Å². The Morgan fingerprint density at radius 2 is 2.10 bits per heavy atom. The number of carboxylic acids is 1. The number of rotatable bonds is 6. The number of nitro benzene ring substituents is 1. The van der Waals surface area contributed by atoms with Crippen molar-refractivity contribution in [3.05, 3.63) is 38.3 Å². The number of carbonyl (C=O) groups excluding carboxylic acids is 1. The highest BCUT2D eigenvalue weighted by atomic mass is 79.9. The first-order valence-electron chi connectivity index (χ1n) is 5.81. The van der Waals surface area contributed by atoms with Crippen LogP contribution in [-0.4, -0.2) is 39.9 Å². The molecule has 0 aliphatic carbocycles. The number of nitro groups is 1. The van der Waals surface area contributed by atoms with Crippen LogP contribution < -0.4 is 0 Å². The van der Waals surface area contributed by atoms with Gasteiger partial charge in [-0.2, -0.15) is 0 Å². The van der Waals surface area contributed by atoms with E-state index in [-0.39, 0.29) is 22.3 Å². The maximum absolute atomic E-state index is 12.2. The fourth-order valence-electron chi connectivity index (χ4n) is 1.65. The number of halogens is 1. The van der Waals surface area contributed by atoms with Crippen molar-refractivity contribution >= 4 is 33.5 Å². The van der Waals surface area contributed by atoms with Crippen molar-refractivity contribution in [2.24, 2.45) is 0 Å². The minimum Gasteiger partial charge on any atom is -0.480 e. The van der Waals surface area contributed by atoms with Crippen molar-refractivity contribution in [2.45, 2.75) is 13.3 Å². The van der Waals surface area contributed by atoms with Gasteiger partial charge in [-0.05, 0) is 34.5 Å². The van der Waals surface area contributed by atoms with Gasteiger partial charge in [0.25, 0.3) is 11.6 Å². The van der Waals surface area contributed by atoms with E-state index in [1.165, 1.54) is 12.1 Å². The fraction of sp³-hybridized carbons (Fsp3) is 0.333. The quantitative estimate of drug-likeness (QED) is 0.630. The van der Waals surface area contributed by atoms with E-state index >= 15 is 0 Å². The molecule has 0 radical (unpaired) electrons. The van der Waals surface area contributed by atoms with Crippen LogP contribution in [0.1, 0.15) is 23.7 Å². The smallest absolute Gasteiger partial charge is 0.323 e. The summed E-state index contributed by atoms with van der Waals surface area (Å²) in [7, 11) is 0. The number of hydrogen-bond acceptors (Lipinski definition) is 4. The molecule has 0 aromatic heterocycles. The molecule has 7 nitrogen and oxygen atoms in total. The maximum atomic E-state index is 12.2. The molecule has 1 amide bonds. The van der Waals surface area contributed by atoms with Crippen molar-refractivity contribution in [2.75, 3.05) is 13.1 Å². The number of benzene rings is 1. The molecule has 0 aliphatic heterocycles. The molecule has 1 aromatic rings. The van der Waals surface area contributed by atoms with E-state index in [1.54, 1.807) is 0 Å². The highest BCUT2D eigenvalue weighted by Crippen LogP contribution is 2.26. The van der Waals surface area contributed by atoms with E-state index < -0.39 is 23.3 Å². The van der Waals surface area contributed by atoms with Gasteiger partial charge in [-0.3, -0.25) is 19.7 Å². The highest BCUT2D eigenvalue weighted by molar-refractivity contribution is 9.10. The average molecular weight is 345 g/mol. The zero-order chi connectivity index (χ0) is 15.3. The molecule has 0 saturated carbocycles. The molecule has 20 heavy (non-hydrogen) atoms. The number of amides is 1. The predicted molar refractivity (Wildman–Crippen MR) is 74.6 cm³/mol. The summed E-state index contributed by atoms with van der Waals surface area (Å²) in [5.41, 5.74) is -0.141. The molecule has 8 heteroatoms. The molecule has 0 saturated heterocycles. The van der Waals surface area contributed by atoms with Crippen molar-refractivity contribution in [3.8, 4) is 0 Å². The van der Waals surface area contributed by atoms with E-state index in [4.69, 9.17) is 5.11 Å². The molecule has 0 aliphatic rings. The Morgan fingerprint density at radius 1 is 1.45 bits per heavy atom. The van der Waals surface area contributed by atoms with E-state index in [1.807, 2.05) is 6.92 Å². The Morgan fingerprint density at radius 3 is 2.60 bits per heavy atom. The number of nitrogens with zero attached hydrogens (tertiary/aromatic N) is 2. The Hall–Kier alpha value is -1.96. The second-order valence-corrected chi connectivity index (χ2v) is 4.90. The SMILES string of the molecule is CCCN(CC(=O)O)C(=O)c1ccc(Br)c([N+](=O)[O-])c1. The lowest BCUT2D eigenvalue weighted by Gasteiger charge is -2.19. The topological polar surface area (TPSA) is 101 Å². The van der Waals surface area contributed by atoms with Crippen LogP contribution in [0.3, 0.4) is 0 Å². The standard InChI is InChI=1S/C12H13BrN2O5/c1-2-5-14(7-11(16)17)12(18)8-3-4-9(13)10(6-8)15(19)20/h3-4,6H,2,5,7H2,1H3,(H,16,17). The van der Waals surface area contributed by atoms with Crippen molar-refractivity contribution in [3.63, 3.8) is 0 Å². The predicted octanol–water partition coefficient (Wildman–Crippen LogP) is 2.29. The molecule has 0 unspecified atom stereocenters. The summed E-state index contributed by atoms with van der Waals surface area (Å²) in [6.07, 6.45) is 0.595. The van der Waals surface area contributed by atoms with E-state index in [0.717, 1.165) is 11.0 Å². The molecule has 108 valence electrons. The van der Waals surface area contributed by atoms with Crippen LogP contribution in [0, 0.1) is 10.1 Å². The largest absolute Gasteiger partial charge is 0.480 e. The van der Waals surface area contributed by atoms with Gasteiger partial charge in [0.15, 0.2) is 0 Å². The summed E-state index contributed by atoms with van der Waals surface area (Å²) in [5, 5.41) is 19.6. The zero-order valence-corrected chi connectivity index (χ0v) is 12.3. The van der Waals surface area contributed by atoms with Crippen LogP contribution >= 0.6 is 15.9 Å². The Kier molecular flexibility index (Phi) is 5.63. The summed E-state index contributed by atoms with van der Waals surface area (Å²) < 4.78 is 0.263. The van der Waals surface area contributed by atoms with Crippen molar-refractivity contribution < 1.29 is 19.6 Å². The zero-order valence-electron chi connectivity index (χ0n) is 10.7. The summed E-state index contributed by atoms with van der Waals surface area (Å²) in [5.74, 6) is -1.66. The second kappa shape index (κ2) is 6.99. The third-order valence-electron chi connectivity index (χ3n) is 2.50. The van der Waals surface area contributed by atoms with Crippen molar-refractivity contribution in [1.82, 2.24) is 4.90 Å². The minimum absolute atomic E-state index is 0.0922. The van der Waals surface area contributed by atoms with Crippen molar-refractivity contribution in [1.29, 1.82) is 0 Å². The molecular formula is C12H13BrN2O5. The Labute approximate surface area is 123 Å². The van der Waals surface area contributed by atoms with Crippen LogP contribution in [0.4, 0.5) is 5.69 Å². The molecular weight excluding hydrogens is 332 g/mol. The van der Waals surface area contributed by atoms with Gasteiger partial charge in [-0.15, -0.1) is 0 Å². The van der Waals surface area contributed by atoms with E-state index in [9.17, 15) is 19.7 Å². The molecule has 1 N–H and O–H groups in total. The molecule has 0 atom stereocenters. The van der Waals surface area contributed by atoms with E-state index in [0.29, 0.717) is 6.42 Å². The lowest BCUT2D eigenvalue weighted by atomic mass is 10.1. The van der Waals surface area contributed by atoms with Crippen LogP contribution in [0.5, 0.6) is 0 Å². The summed E-state index contributed by atoms with van der Waals surface area (Å²) in [4.78, 5) is 34.3. The number of hydrogen-bond donors (Lipinski definition) is 1. The Balaban J connectivity index is 3.08. The molecule has 0 bridgehead atoms.